The minimum atomic E-state index is -0.613. The largest absolute Gasteiger partial charge is 0.388 e. The van der Waals surface area contributed by atoms with Crippen LogP contribution in [0, 0.1) is 6.92 Å². The molecule has 1 atom stereocenters. The molecule has 4 heteroatoms. The highest BCUT2D eigenvalue weighted by atomic mass is 16.3. The van der Waals surface area contributed by atoms with Gasteiger partial charge in [-0.15, -0.1) is 0 Å². The molecule has 1 aromatic carbocycles. The van der Waals surface area contributed by atoms with E-state index in [-0.39, 0.29) is 5.56 Å². The minimum absolute atomic E-state index is 0.0351. The summed E-state index contributed by atoms with van der Waals surface area (Å²) in [6, 6.07) is 12.0. The Morgan fingerprint density at radius 1 is 1.30 bits per heavy atom. The molecule has 0 saturated carbocycles. The van der Waals surface area contributed by atoms with Crippen molar-refractivity contribution in [2.45, 2.75) is 32.9 Å². The molecule has 4 nitrogen and oxygen atoms in total. The first-order valence-electron chi connectivity index (χ1n) is 7.91. The van der Waals surface area contributed by atoms with Crippen LogP contribution in [-0.2, 0) is 6.54 Å². The molecule has 0 unspecified atom stereocenters. The Morgan fingerprint density at radius 2 is 2.09 bits per heavy atom. The monoisotopic (exact) mass is 306 g/mol. The molecule has 116 valence electrons. The Balaban J connectivity index is 2.00. The molecule has 1 N–H and O–H groups in total. The number of aliphatic hydroxyl groups excluding tert-OH is 1. The fourth-order valence-electron chi connectivity index (χ4n) is 3.36. The first-order valence-corrected chi connectivity index (χ1v) is 7.91. The molecule has 1 aliphatic rings. The Labute approximate surface area is 134 Å². The molecular formula is C19H18N2O2. The quantitative estimate of drug-likeness (QED) is 0.619. The van der Waals surface area contributed by atoms with E-state index in [0.29, 0.717) is 24.1 Å². The summed E-state index contributed by atoms with van der Waals surface area (Å²) in [5.41, 5.74) is 4.95. The third-order valence-electron chi connectivity index (χ3n) is 4.70. The second kappa shape index (κ2) is 5.03. The highest BCUT2D eigenvalue weighted by molar-refractivity contribution is 5.83. The fourth-order valence-corrected chi connectivity index (χ4v) is 3.36. The number of pyridine rings is 2. The summed E-state index contributed by atoms with van der Waals surface area (Å²) in [7, 11) is 0. The summed E-state index contributed by atoms with van der Waals surface area (Å²) >= 11 is 0. The van der Waals surface area contributed by atoms with Crippen LogP contribution in [0.25, 0.3) is 22.3 Å². The summed E-state index contributed by atoms with van der Waals surface area (Å²) in [6.07, 6.45) is -0.0278. The average molecular weight is 306 g/mol. The van der Waals surface area contributed by atoms with E-state index in [0.717, 1.165) is 27.9 Å². The van der Waals surface area contributed by atoms with Gasteiger partial charge < -0.3 is 9.67 Å². The highest BCUT2D eigenvalue weighted by Crippen LogP contribution is 2.33. The van der Waals surface area contributed by atoms with Gasteiger partial charge in [-0.1, -0.05) is 25.1 Å². The van der Waals surface area contributed by atoms with Crippen LogP contribution in [0.1, 0.15) is 36.1 Å². The number of benzene rings is 1. The van der Waals surface area contributed by atoms with Gasteiger partial charge in [0.25, 0.3) is 5.56 Å². The van der Waals surface area contributed by atoms with E-state index in [1.807, 2.05) is 37.3 Å². The van der Waals surface area contributed by atoms with Gasteiger partial charge in [0.1, 0.15) is 0 Å². The average Bonchev–Trinajstić information content (AvgIpc) is 2.93. The van der Waals surface area contributed by atoms with Crippen molar-refractivity contribution in [3.8, 4) is 11.4 Å². The van der Waals surface area contributed by atoms with Gasteiger partial charge in [-0.25, -0.2) is 4.98 Å². The predicted molar refractivity (Wildman–Crippen MR) is 90.5 cm³/mol. The first kappa shape index (κ1) is 14.2. The Kier molecular flexibility index (Phi) is 3.10. The van der Waals surface area contributed by atoms with E-state index in [4.69, 9.17) is 4.98 Å². The van der Waals surface area contributed by atoms with Crippen molar-refractivity contribution in [1.82, 2.24) is 9.55 Å². The lowest BCUT2D eigenvalue weighted by Crippen LogP contribution is -2.23. The van der Waals surface area contributed by atoms with Crippen LogP contribution in [0.4, 0.5) is 0 Å². The molecule has 2 aromatic heterocycles. The molecule has 0 spiro atoms. The van der Waals surface area contributed by atoms with E-state index in [2.05, 4.69) is 6.07 Å². The zero-order valence-corrected chi connectivity index (χ0v) is 13.2. The second-order valence-corrected chi connectivity index (χ2v) is 6.11. The van der Waals surface area contributed by atoms with Crippen LogP contribution >= 0.6 is 0 Å². The maximum Gasteiger partial charge on any atom is 0.254 e. The van der Waals surface area contributed by atoms with Crippen molar-refractivity contribution in [3.63, 3.8) is 0 Å². The third kappa shape index (κ3) is 2.02. The molecule has 0 amide bonds. The van der Waals surface area contributed by atoms with Gasteiger partial charge >= 0.3 is 0 Å². The van der Waals surface area contributed by atoms with Gasteiger partial charge in [-0.3, -0.25) is 4.79 Å². The number of hydrogen-bond donors (Lipinski definition) is 1. The van der Waals surface area contributed by atoms with Crippen LogP contribution < -0.4 is 5.56 Å². The summed E-state index contributed by atoms with van der Waals surface area (Å²) in [6.45, 7) is 4.25. The number of aliphatic hydroxyl groups is 1. The normalized spacial score (nSPS) is 13.9. The van der Waals surface area contributed by atoms with E-state index in [9.17, 15) is 9.90 Å². The number of nitrogens with zero attached hydrogens (tertiary/aromatic N) is 2. The molecule has 0 fully saturated rings. The van der Waals surface area contributed by atoms with Crippen molar-refractivity contribution in [1.29, 1.82) is 0 Å². The smallest absolute Gasteiger partial charge is 0.254 e. The van der Waals surface area contributed by atoms with Crippen LogP contribution in [0.3, 0.4) is 0 Å². The number of para-hydroxylation sites is 1. The maximum atomic E-state index is 12.7. The van der Waals surface area contributed by atoms with E-state index in [1.165, 1.54) is 0 Å². The van der Waals surface area contributed by atoms with Crippen molar-refractivity contribution in [2.75, 3.05) is 0 Å². The Bertz CT molecular complexity index is 989. The molecule has 0 aliphatic carbocycles. The molecule has 0 bridgehead atoms. The predicted octanol–water partition coefficient (Wildman–Crippen LogP) is 3.18. The molecule has 0 saturated heterocycles. The standard InChI is InChI=1S/C19H18N2O2/c1-3-17(22)14-9-16-18-13(10-21(16)19(23)11(14)2)8-12-6-4-5-7-15(12)20-18/h4-9,17,22H,3,10H2,1-2H3/t17-/m1/s1. The minimum Gasteiger partial charge on any atom is -0.388 e. The van der Waals surface area contributed by atoms with Gasteiger partial charge in [0.15, 0.2) is 0 Å². The van der Waals surface area contributed by atoms with Crippen LogP contribution in [-0.4, -0.2) is 14.7 Å². The summed E-state index contributed by atoms with van der Waals surface area (Å²) < 4.78 is 1.76. The van der Waals surface area contributed by atoms with Crippen molar-refractivity contribution < 1.29 is 5.11 Å². The number of hydrogen-bond acceptors (Lipinski definition) is 3. The van der Waals surface area contributed by atoms with Gasteiger partial charge in [0, 0.05) is 16.5 Å². The Hall–Kier alpha value is -2.46. The summed E-state index contributed by atoms with van der Waals surface area (Å²) in [5.74, 6) is 0. The lowest BCUT2D eigenvalue weighted by molar-refractivity contribution is 0.172. The number of aromatic nitrogens is 2. The van der Waals surface area contributed by atoms with Crippen molar-refractivity contribution in [2.24, 2.45) is 0 Å². The van der Waals surface area contributed by atoms with E-state index < -0.39 is 6.10 Å². The second-order valence-electron chi connectivity index (χ2n) is 6.11. The molecule has 0 radical (unpaired) electrons. The fraction of sp³-hybridized carbons (Fsp3) is 0.263. The zero-order valence-electron chi connectivity index (χ0n) is 13.2. The topological polar surface area (TPSA) is 55.1 Å². The van der Waals surface area contributed by atoms with Crippen LogP contribution in [0.2, 0.25) is 0 Å². The van der Waals surface area contributed by atoms with Gasteiger partial charge in [0.2, 0.25) is 0 Å². The Morgan fingerprint density at radius 3 is 2.87 bits per heavy atom. The third-order valence-corrected chi connectivity index (χ3v) is 4.70. The lowest BCUT2D eigenvalue weighted by Gasteiger charge is -2.14. The van der Waals surface area contributed by atoms with E-state index >= 15 is 0 Å². The van der Waals surface area contributed by atoms with Gasteiger partial charge in [-0.05, 0) is 37.1 Å². The molecule has 3 heterocycles. The van der Waals surface area contributed by atoms with Gasteiger partial charge in [-0.2, -0.15) is 0 Å². The van der Waals surface area contributed by atoms with Crippen LogP contribution in [0.5, 0.6) is 0 Å². The number of rotatable bonds is 2. The van der Waals surface area contributed by atoms with Gasteiger partial charge in [0.05, 0.1) is 29.6 Å². The zero-order chi connectivity index (χ0) is 16.1. The van der Waals surface area contributed by atoms with Crippen molar-refractivity contribution >= 4 is 10.9 Å². The molecule has 23 heavy (non-hydrogen) atoms. The van der Waals surface area contributed by atoms with E-state index in [1.54, 1.807) is 11.5 Å². The molecule has 3 aromatic rings. The van der Waals surface area contributed by atoms with Crippen LogP contribution in [0.15, 0.2) is 41.2 Å². The molecule has 1 aliphatic heterocycles. The first-order chi connectivity index (χ1) is 11.1. The highest BCUT2D eigenvalue weighted by Gasteiger charge is 2.25. The SMILES string of the molecule is CC[C@@H](O)c1cc2n(c(=O)c1C)Cc1cc3ccccc3nc1-2. The summed E-state index contributed by atoms with van der Waals surface area (Å²) in [4.78, 5) is 17.4. The molecular weight excluding hydrogens is 288 g/mol. The molecule has 4 rings (SSSR count). The lowest BCUT2D eigenvalue weighted by atomic mass is 10.0. The maximum absolute atomic E-state index is 12.7. The summed E-state index contributed by atoms with van der Waals surface area (Å²) in [5, 5.41) is 11.3. The number of fused-ring (bicyclic) bond motifs is 4. The van der Waals surface area contributed by atoms with Crippen molar-refractivity contribution in [3.05, 3.63) is 63.4 Å².